The van der Waals surface area contributed by atoms with Crippen LogP contribution in [-0.4, -0.2) is 12.3 Å². The topological polar surface area (TPSA) is 43.1 Å². The van der Waals surface area contributed by atoms with E-state index in [1.165, 1.54) is 32.1 Å². The molecule has 2 heteroatoms. The molecule has 0 heterocycles. The van der Waals surface area contributed by atoms with Crippen molar-refractivity contribution in [2.75, 3.05) is 6.54 Å². The van der Waals surface area contributed by atoms with Gasteiger partial charge < -0.3 is 5.73 Å². The van der Waals surface area contributed by atoms with Gasteiger partial charge in [-0.3, -0.25) is 4.79 Å². The van der Waals surface area contributed by atoms with Crippen molar-refractivity contribution in [3.63, 3.8) is 0 Å². The Morgan fingerprint density at radius 1 is 1.11 bits per heavy atom. The number of rotatable bonds is 4. The number of nitrogens with two attached hydrogens (primary N) is 1. The highest BCUT2D eigenvalue weighted by Gasteiger charge is 2.43. The summed E-state index contributed by atoms with van der Waals surface area (Å²) < 4.78 is 0. The fraction of sp³-hybridized carbons (Fsp3) is 0.941. The number of carbonyl (C=O) groups excluding carboxylic acids is 1. The normalized spacial score (nSPS) is 40.1. The SMILES string of the molecule is CCC1CCC(C(=O)C2(CN)CCC(C)CC2)CC1. The summed E-state index contributed by atoms with van der Waals surface area (Å²) in [7, 11) is 0. The second-order valence-electron chi connectivity index (χ2n) is 7.16. The van der Waals surface area contributed by atoms with Gasteiger partial charge in [-0.15, -0.1) is 0 Å². The predicted octanol–water partition coefficient (Wildman–Crippen LogP) is 3.93. The van der Waals surface area contributed by atoms with Crippen LogP contribution in [0.4, 0.5) is 0 Å². The van der Waals surface area contributed by atoms with Crippen LogP contribution in [0.1, 0.15) is 71.6 Å². The maximum Gasteiger partial charge on any atom is 0.143 e. The molecular formula is C17H31NO. The highest BCUT2D eigenvalue weighted by molar-refractivity contribution is 5.87. The molecule has 0 unspecified atom stereocenters. The Bertz CT molecular complexity index is 296. The molecule has 0 aromatic rings. The Balaban J connectivity index is 1.97. The van der Waals surface area contributed by atoms with Gasteiger partial charge in [-0.05, 0) is 63.2 Å². The first-order chi connectivity index (χ1) is 9.11. The molecule has 0 amide bonds. The fourth-order valence-electron chi connectivity index (χ4n) is 4.13. The minimum absolute atomic E-state index is 0.157. The van der Waals surface area contributed by atoms with E-state index in [4.69, 9.17) is 5.73 Å². The lowest BCUT2D eigenvalue weighted by Gasteiger charge is -2.41. The van der Waals surface area contributed by atoms with Crippen LogP contribution in [0.5, 0.6) is 0 Å². The molecule has 0 bridgehead atoms. The zero-order valence-electron chi connectivity index (χ0n) is 12.8. The Morgan fingerprint density at radius 3 is 2.16 bits per heavy atom. The van der Waals surface area contributed by atoms with E-state index in [0.717, 1.165) is 37.5 Å². The molecule has 110 valence electrons. The molecule has 19 heavy (non-hydrogen) atoms. The maximum atomic E-state index is 12.9. The summed E-state index contributed by atoms with van der Waals surface area (Å²) in [5.41, 5.74) is 5.87. The molecular weight excluding hydrogens is 234 g/mol. The molecule has 2 N–H and O–H groups in total. The first-order valence-electron chi connectivity index (χ1n) is 8.35. The maximum absolute atomic E-state index is 12.9. The van der Waals surface area contributed by atoms with Crippen molar-refractivity contribution in [1.29, 1.82) is 0 Å². The molecule has 0 aromatic carbocycles. The molecule has 0 aromatic heterocycles. The van der Waals surface area contributed by atoms with Crippen LogP contribution in [0.15, 0.2) is 0 Å². The van der Waals surface area contributed by atoms with Crippen LogP contribution in [0, 0.1) is 23.2 Å². The van der Waals surface area contributed by atoms with Gasteiger partial charge in [0.15, 0.2) is 0 Å². The number of Topliss-reactive ketones (excluding diaryl/α,β-unsaturated/α-hetero) is 1. The molecule has 0 aliphatic heterocycles. The highest BCUT2D eigenvalue weighted by atomic mass is 16.1. The third-order valence-corrected chi connectivity index (χ3v) is 5.94. The van der Waals surface area contributed by atoms with Crippen LogP contribution in [-0.2, 0) is 4.79 Å². The lowest BCUT2D eigenvalue weighted by Crippen LogP contribution is -2.45. The number of carbonyl (C=O) groups is 1. The largest absolute Gasteiger partial charge is 0.329 e. The third kappa shape index (κ3) is 3.21. The molecule has 0 atom stereocenters. The number of hydrogen-bond donors (Lipinski definition) is 1. The summed E-state index contributed by atoms with van der Waals surface area (Å²) in [5.74, 6) is 2.49. The van der Waals surface area contributed by atoms with Crippen LogP contribution in [0.3, 0.4) is 0 Å². The van der Waals surface area contributed by atoms with E-state index in [1.54, 1.807) is 0 Å². The van der Waals surface area contributed by atoms with Gasteiger partial charge in [0.25, 0.3) is 0 Å². The van der Waals surface area contributed by atoms with Crippen molar-refractivity contribution in [3.8, 4) is 0 Å². The fourth-order valence-corrected chi connectivity index (χ4v) is 4.13. The van der Waals surface area contributed by atoms with Crippen LogP contribution < -0.4 is 5.73 Å². The van der Waals surface area contributed by atoms with E-state index in [2.05, 4.69) is 13.8 Å². The average Bonchev–Trinajstić information content (AvgIpc) is 2.48. The van der Waals surface area contributed by atoms with Crippen molar-refractivity contribution in [1.82, 2.24) is 0 Å². The van der Waals surface area contributed by atoms with Crippen LogP contribution in [0.2, 0.25) is 0 Å². The van der Waals surface area contributed by atoms with Gasteiger partial charge >= 0.3 is 0 Å². The molecule has 2 nitrogen and oxygen atoms in total. The van der Waals surface area contributed by atoms with Crippen molar-refractivity contribution in [2.45, 2.75) is 71.6 Å². The standard InChI is InChI=1S/C17H31NO/c1-3-14-4-6-15(7-5-14)16(19)17(12-18)10-8-13(2)9-11-17/h13-15H,3-12,18H2,1-2H3. The molecule has 2 fully saturated rings. The summed E-state index contributed by atoms with van der Waals surface area (Å²) in [4.78, 5) is 12.9. The first kappa shape index (κ1) is 15.0. The van der Waals surface area contributed by atoms with E-state index >= 15 is 0 Å². The Hall–Kier alpha value is -0.370. The van der Waals surface area contributed by atoms with E-state index in [0.29, 0.717) is 18.2 Å². The lowest BCUT2D eigenvalue weighted by molar-refractivity contribution is -0.136. The molecule has 0 radical (unpaired) electrons. The molecule has 0 spiro atoms. The van der Waals surface area contributed by atoms with Crippen molar-refractivity contribution < 1.29 is 4.79 Å². The Kier molecular flexibility index (Phi) is 5.05. The number of ketones is 1. The monoisotopic (exact) mass is 265 g/mol. The Labute approximate surface area is 118 Å². The van der Waals surface area contributed by atoms with E-state index < -0.39 is 0 Å². The van der Waals surface area contributed by atoms with Gasteiger partial charge in [-0.25, -0.2) is 0 Å². The number of hydrogen-bond acceptors (Lipinski definition) is 2. The summed E-state index contributed by atoms with van der Waals surface area (Å²) in [6, 6.07) is 0. The van der Waals surface area contributed by atoms with E-state index in [1.807, 2.05) is 0 Å². The van der Waals surface area contributed by atoms with E-state index in [-0.39, 0.29) is 5.41 Å². The van der Waals surface area contributed by atoms with Gasteiger partial charge in [-0.1, -0.05) is 20.3 Å². The van der Waals surface area contributed by atoms with Gasteiger partial charge in [0, 0.05) is 17.9 Å². The quantitative estimate of drug-likeness (QED) is 0.837. The van der Waals surface area contributed by atoms with Gasteiger partial charge in [-0.2, -0.15) is 0 Å². The minimum atomic E-state index is -0.157. The summed E-state index contributed by atoms with van der Waals surface area (Å²) in [5, 5.41) is 0. The Morgan fingerprint density at radius 2 is 1.68 bits per heavy atom. The highest BCUT2D eigenvalue weighted by Crippen LogP contribution is 2.43. The average molecular weight is 265 g/mol. The molecule has 0 saturated heterocycles. The second kappa shape index (κ2) is 6.39. The van der Waals surface area contributed by atoms with Crippen molar-refractivity contribution in [3.05, 3.63) is 0 Å². The zero-order chi connectivity index (χ0) is 13.9. The van der Waals surface area contributed by atoms with E-state index in [9.17, 15) is 4.79 Å². The summed E-state index contributed by atoms with van der Waals surface area (Å²) >= 11 is 0. The van der Waals surface area contributed by atoms with Crippen LogP contribution >= 0.6 is 0 Å². The summed E-state index contributed by atoms with van der Waals surface area (Å²) in [6.07, 6.45) is 10.5. The molecule has 2 rings (SSSR count). The lowest BCUT2D eigenvalue weighted by atomic mass is 9.63. The summed E-state index contributed by atoms with van der Waals surface area (Å²) in [6.45, 7) is 5.15. The van der Waals surface area contributed by atoms with Gasteiger partial charge in [0.1, 0.15) is 5.78 Å². The minimum Gasteiger partial charge on any atom is -0.329 e. The predicted molar refractivity (Wildman–Crippen MR) is 79.9 cm³/mol. The first-order valence-corrected chi connectivity index (χ1v) is 8.35. The zero-order valence-corrected chi connectivity index (χ0v) is 12.8. The molecule has 2 saturated carbocycles. The third-order valence-electron chi connectivity index (χ3n) is 5.94. The van der Waals surface area contributed by atoms with Crippen LogP contribution in [0.25, 0.3) is 0 Å². The smallest absolute Gasteiger partial charge is 0.143 e. The second-order valence-corrected chi connectivity index (χ2v) is 7.16. The van der Waals surface area contributed by atoms with Crippen molar-refractivity contribution >= 4 is 5.78 Å². The van der Waals surface area contributed by atoms with Gasteiger partial charge in [0.2, 0.25) is 0 Å². The molecule has 2 aliphatic carbocycles. The molecule has 2 aliphatic rings. The van der Waals surface area contributed by atoms with Gasteiger partial charge in [0.05, 0.1) is 0 Å². The van der Waals surface area contributed by atoms with Crippen molar-refractivity contribution in [2.24, 2.45) is 28.9 Å².